The van der Waals surface area contributed by atoms with Crippen molar-refractivity contribution in [2.45, 2.75) is 185 Å². The summed E-state index contributed by atoms with van der Waals surface area (Å²) in [6, 6.07) is -1.40. The Labute approximate surface area is 317 Å². The van der Waals surface area contributed by atoms with Crippen LogP contribution < -0.4 is 5.11 Å². The molecule has 3 heterocycles. The van der Waals surface area contributed by atoms with E-state index in [9.17, 15) is 30.8 Å². The van der Waals surface area contributed by atoms with Gasteiger partial charge < -0.3 is 69.3 Å². The topological polar surface area (TPSA) is 196 Å². The molecule has 15 nitrogen and oxygen atoms in total. The third-order valence-electron chi connectivity index (χ3n) is 12.4. The lowest BCUT2D eigenvalue weighted by molar-refractivity contribution is -0.574. The largest absolute Gasteiger partial charge is 0.508 e. The number of carbonyl (C=O) groups is 1. The Kier molecular flexibility index (Phi) is 15.9. The van der Waals surface area contributed by atoms with Crippen LogP contribution in [0.3, 0.4) is 0 Å². The summed E-state index contributed by atoms with van der Waals surface area (Å²) in [7, 11) is 7.15. The number of hydrogen-bond acceptors (Lipinski definition) is 13. The molecule has 3 fully saturated rings. The molecule has 18 atom stereocenters. The zero-order valence-electron chi connectivity index (χ0n) is 34.7. The van der Waals surface area contributed by atoms with Crippen LogP contribution in [0.5, 0.6) is 0 Å². The van der Waals surface area contributed by atoms with Crippen molar-refractivity contribution in [2.24, 2.45) is 17.8 Å². The van der Waals surface area contributed by atoms with E-state index in [4.69, 9.17) is 28.4 Å². The van der Waals surface area contributed by atoms with Gasteiger partial charge in [0, 0.05) is 38.1 Å². The van der Waals surface area contributed by atoms with Gasteiger partial charge in [-0.25, -0.2) is 0 Å². The quantitative estimate of drug-likeness (QED) is 0.174. The van der Waals surface area contributed by atoms with Gasteiger partial charge in [-0.2, -0.15) is 0 Å². The van der Waals surface area contributed by atoms with Gasteiger partial charge in [0.05, 0.1) is 29.8 Å². The van der Waals surface area contributed by atoms with E-state index in [-0.39, 0.29) is 37.3 Å². The molecule has 15 heteroatoms. The summed E-state index contributed by atoms with van der Waals surface area (Å²) in [6.07, 6.45) is -7.13. The second-order valence-electron chi connectivity index (χ2n) is 17.3. The van der Waals surface area contributed by atoms with Crippen LogP contribution in [-0.4, -0.2) is 161 Å². The first-order chi connectivity index (χ1) is 24.4. The van der Waals surface area contributed by atoms with Crippen LogP contribution in [0.1, 0.15) is 94.9 Å². The number of likely N-dealkylation sites (N-methyl/N-ethyl adjacent to an activating group) is 2. The zero-order chi connectivity index (χ0) is 40.4. The van der Waals surface area contributed by atoms with Gasteiger partial charge in [-0.05, 0) is 94.8 Å². The molecular weight excluding hydrogens is 688 g/mol. The Hall–Kier alpha value is -1.37. The molecule has 0 spiro atoms. The highest BCUT2D eigenvalue weighted by Crippen LogP contribution is 2.39. The maximum Gasteiger partial charge on any atom is 0.311 e. The van der Waals surface area contributed by atoms with Crippen LogP contribution in [0.25, 0.3) is 5.53 Å². The lowest BCUT2D eigenvalue weighted by atomic mass is 9.77. The molecular formula is C38H72N4O11. The van der Waals surface area contributed by atoms with Gasteiger partial charge in [0.15, 0.2) is 18.6 Å². The van der Waals surface area contributed by atoms with Crippen LogP contribution in [0.2, 0.25) is 0 Å². The molecule has 0 aliphatic carbocycles. The highest BCUT2D eigenvalue weighted by molar-refractivity contribution is 5.73. The minimum absolute atomic E-state index is 0.145. The van der Waals surface area contributed by atoms with Crippen molar-refractivity contribution in [2.75, 3.05) is 34.8 Å². The second kappa shape index (κ2) is 18.3. The fraction of sp³-hybridized carbons (Fsp3) is 0.974. The van der Waals surface area contributed by atoms with Crippen molar-refractivity contribution in [3.63, 3.8) is 0 Å². The molecule has 0 amide bonds. The number of nitrogens with zero attached hydrogens (tertiary/aromatic N) is 3. The lowest BCUT2D eigenvalue weighted by Gasteiger charge is -2.48. The average molecular weight is 761 g/mol. The molecule has 0 unspecified atom stereocenters. The van der Waals surface area contributed by atoms with Crippen LogP contribution in [0.4, 0.5) is 0 Å². The number of hydrogen-bond donors (Lipinski definition) is 5. The molecule has 3 saturated heterocycles. The number of esters is 1. The Morgan fingerprint density at radius 3 is 2.19 bits per heavy atom. The summed E-state index contributed by atoms with van der Waals surface area (Å²) in [5, 5.41) is 49.6. The van der Waals surface area contributed by atoms with E-state index in [0.717, 1.165) is 0 Å². The Balaban J connectivity index is 2.18. The van der Waals surface area contributed by atoms with Gasteiger partial charge in [0.1, 0.15) is 35.6 Å². The maximum atomic E-state index is 14.2. The maximum absolute atomic E-state index is 14.2. The number of nitrogens with one attached hydrogen (secondary N) is 1. The van der Waals surface area contributed by atoms with Gasteiger partial charge in [-0.3, -0.25) is 4.79 Å². The standard InChI is InChI=1S/C38H72N4O11/c1-15-27-38(10,47)32(44)24(6)42(13)19-20(2)17-36(8,46)33(53-35-29(43)26(41(11)12)16-21(3)49-35)22(4)30(23(5)34(45)51-27)52-28-18-37(9,48-14)31(40-39)25(7)50-28/h20-33,35,40,43-44,46-47H,15-19H2,1-14H3/t20-,21-,22+,23-,24-,25+,26+,27-,28+,29-,30+,31-,32-,33-,35+,36-,37-,38-/m1/s1. The molecule has 3 aliphatic rings. The van der Waals surface area contributed by atoms with E-state index < -0.39 is 95.9 Å². The van der Waals surface area contributed by atoms with E-state index in [2.05, 4.69) is 5.11 Å². The summed E-state index contributed by atoms with van der Waals surface area (Å²) in [5.74, 6) is -2.59. The molecule has 53 heavy (non-hydrogen) atoms. The van der Waals surface area contributed by atoms with Crippen LogP contribution in [-0.2, 0) is 33.2 Å². The van der Waals surface area contributed by atoms with Crippen molar-refractivity contribution in [3.8, 4) is 0 Å². The molecule has 0 aromatic heterocycles. The van der Waals surface area contributed by atoms with Crippen molar-refractivity contribution in [1.29, 1.82) is 0 Å². The Morgan fingerprint density at radius 1 is 1.02 bits per heavy atom. The average Bonchev–Trinajstić information content (AvgIpc) is 3.07. The molecule has 0 saturated carbocycles. The number of aliphatic hydroxyl groups is 4. The number of cyclic esters (lactones) is 1. The first-order valence-corrected chi connectivity index (χ1v) is 19.4. The zero-order valence-corrected chi connectivity index (χ0v) is 34.7. The predicted molar refractivity (Wildman–Crippen MR) is 196 cm³/mol. The third kappa shape index (κ3) is 10.3. The SMILES string of the molecule is CC[C@H]1OC(=O)[C@H](C)[C@@H](O[C@H]2C[C@@](C)(OC)[C@H]([NH+]=[N-])[C@H](C)O2)[C@H](C)[C@@H](O[C@@H]2O[C@H](C)C[C@H](N(C)C)[C@H]2O)[C@](C)(O)C[C@@H](C)CN(C)[C@H](C)[C@@H](O)[C@]1(C)O. The minimum atomic E-state index is -1.80. The third-order valence-corrected chi connectivity index (χ3v) is 12.4. The number of methoxy groups -OCH3 is 1. The fourth-order valence-corrected chi connectivity index (χ4v) is 8.99. The molecule has 310 valence electrons. The predicted octanol–water partition coefficient (Wildman–Crippen LogP) is 1.01. The fourth-order valence-electron chi connectivity index (χ4n) is 8.99. The Bertz CT molecular complexity index is 1190. The monoisotopic (exact) mass is 761 g/mol. The summed E-state index contributed by atoms with van der Waals surface area (Å²) in [6.45, 7) is 18.2. The summed E-state index contributed by atoms with van der Waals surface area (Å²) < 4.78 is 37.8. The van der Waals surface area contributed by atoms with Gasteiger partial charge in [-0.15, -0.1) is 0 Å². The number of rotatable bonds is 8. The van der Waals surface area contributed by atoms with Gasteiger partial charge in [-0.1, -0.05) is 20.8 Å². The van der Waals surface area contributed by atoms with E-state index in [0.29, 0.717) is 13.0 Å². The van der Waals surface area contributed by atoms with Crippen LogP contribution in [0, 0.1) is 17.8 Å². The molecule has 0 bridgehead atoms. The summed E-state index contributed by atoms with van der Waals surface area (Å²) >= 11 is 0. The Morgan fingerprint density at radius 2 is 1.64 bits per heavy atom. The summed E-state index contributed by atoms with van der Waals surface area (Å²) in [5.41, 5.74) is 5.67. The van der Waals surface area contributed by atoms with Crippen molar-refractivity contribution in [1.82, 2.24) is 9.80 Å². The van der Waals surface area contributed by atoms with Crippen molar-refractivity contribution in [3.05, 3.63) is 5.53 Å². The molecule has 0 aromatic carbocycles. The van der Waals surface area contributed by atoms with Crippen molar-refractivity contribution >= 4 is 5.97 Å². The minimum Gasteiger partial charge on any atom is -0.508 e. The second-order valence-corrected chi connectivity index (χ2v) is 17.3. The molecule has 5 N–H and O–H groups in total. The van der Waals surface area contributed by atoms with Gasteiger partial charge in [0.25, 0.3) is 0 Å². The first-order valence-electron chi connectivity index (χ1n) is 19.4. The lowest BCUT2D eigenvalue weighted by Crippen LogP contribution is -2.84. The van der Waals surface area contributed by atoms with Crippen LogP contribution >= 0.6 is 0 Å². The van der Waals surface area contributed by atoms with E-state index in [1.165, 1.54) is 14.0 Å². The normalized spacial score (nSPS) is 48.8. The van der Waals surface area contributed by atoms with Gasteiger partial charge >= 0.3 is 5.97 Å². The van der Waals surface area contributed by atoms with E-state index in [1.807, 2.05) is 58.6 Å². The van der Waals surface area contributed by atoms with Crippen LogP contribution in [0.15, 0.2) is 0 Å². The smallest absolute Gasteiger partial charge is 0.311 e. The van der Waals surface area contributed by atoms with E-state index in [1.54, 1.807) is 34.6 Å². The number of carbonyl (C=O) groups excluding carboxylic acids is 1. The van der Waals surface area contributed by atoms with Gasteiger partial charge in [0.2, 0.25) is 0 Å². The highest BCUT2D eigenvalue weighted by Gasteiger charge is 2.53. The molecule has 0 radical (unpaired) electrons. The van der Waals surface area contributed by atoms with Crippen molar-refractivity contribution < 1.29 is 58.8 Å². The number of aliphatic hydroxyl groups excluding tert-OH is 2. The molecule has 3 rings (SSSR count). The van der Waals surface area contributed by atoms with E-state index >= 15 is 0 Å². The number of ether oxygens (including phenoxy) is 6. The summed E-state index contributed by atoms with van der Waals surface area (Å²) in [4.78, 5) is 18.1. The molecule has 0 aromatic rings. The first kappa shape index (κ1) is 46.0. The molecule has 3 aliphatic heterocycles. The highest BCUT2D eigenvalue weighted by atomic mass is 16.7.